The maximum Gasteiger partial charge on any atom is 0.296 e. The van der Waals surface area contributed by atoms with Gasteiger partial charge in [0.25, 0.3) is 5.91 Å². The Morgan fingerprint density at radius 1 is 1.19 bits per heavy atom. The van der Waals surface area contributed by atoms with E-state index in [0.717, 1.165) is 9.17 Å². The summed E-state index contributed by atoms with van der Waals surface area (Å²) in [7, 11) is 1.58. The number of benzene rings is 2. The zero-order valence-corrected chi connectivity index (χ0v) is 19.8. The fourth-order valence-corrected chi connectivity index (χ4v) is 5.81. The van der Waals surface area contributed by atoms with Crippen LogP contribution in [0.1, 0.15) is 21.3 Å². The second-order valence-corrected chi connectivity index (χ2v) is 9.90. The molecule has 1 unspecified atom stereocenters. The Hall–Kier alpha value is -3.01. The van der Waals surface area contributed by atoms with Gasteiger partial charge >= 0.3 is 0 Å². The predicted molar refractivity (Wildman–Crippen MR) is 129 cm³/mol. The van der Waals surface area contributed by atoms with Crippen molar-refractivity contribution in [1.29, 1.82) is 0 Å². The van der Waals surface area contributed by atoms with E-state index < -0.39 is 17.7 Å². The fraction of sp³-hybridized carbons (Fsp3) is 0.0870. The lowest BCUT2D eigenvalue weighted by Crippen LogP contribution is -2.30. The number of carbonyl (C=O) groups is 2. The smallest absolute Gasteiger partial charge is 0.296 e. The van der Waals surface area contributed by atoms with Gasteiger partial charge in [-0.25, -0.2) is 4.98 Å². The summed E-state index contributed by atoms with van der Waals surface area (Å²) < 4.78 is 6.92. The van der Waals surface area contributed by atoms with Crippen LogP contribution in [0.5, 0.6) is 5.75 Å². The largest absolute Gasteiger partial charge is 0.503 e. The molecule has 5 rings (SSSR count). The SMILES string of the molecule is COc1ccc2nc(N3C(=O)C(O)=C(C(=O)c4cccs4)C3c3cccc(Br)c3)sc2c1. The molecule has 2 aromatic heterocycles. The number of fused-ring (bicyclic) bond motifs is 1. The third-order valence-electron chi connectivity index (χ3n) is 5.15. The minimum Gasteiger partial charge on any atom is -0.503 e. The van der Waals surface area contributed by atoms with Crippen molar-refractivity contribution in [2.24, 2.45) is 0 Å². The maximum atomic E-state index is 13.3. The Bertz CT molecular complexity index is 1390. The van der Waals surface area contributed by atoms with E-state index in [1.165, 1.54) is 27.6 Å². The second-order valence-electron chi connectivity index (χ2n) is 7.03. The molecule has 32 heavy (non-hydrogen) atoms. The van der Waals surface area contributed by atoms with E-state index in [9.17, 15) is 14.7 Å². The first-order valence-electron chi connectivity index (χ1n) is 9.53. The van der Waals surface area contributed by atoms with Gasteiger partial charge in [0.1, 0.15) is 5.75 Å². The molecule has 0 spiro atoms. The molecule has 6 nitrogen and oxygen atoms in total. The van der Waals surface area contributed by atoms with Crippen molar-refractivity contribution in [3.8, 4) is 5.75 Å². The number of hydrogen-bond donors (Lipinski definition) is 1. The van der Waals surface area contributed by atoms with Gasteiger partial charge in [0, 0.05) is 4.47 Å². The molecule has 0 saturated carbocycles. The van der Waals surface area contributed by atoms with Crippen LogP contribution in [0.15, 0.2) is 75.8 Å². The van der Waals surface area contributed by atoms with Crippen LogP contribution >= 0.6 is 38.6 Å². The Labute approximate surface area is 199 Å². The van der Waals surface area contributed by atoms with Gasteiger partial charge in [0.15, 0.2) is 10.9 Å². The number of thiazole rings is 1. The minimum absolute atomic E-state index is 0.0485. The molecule has 1 amide bonds. The summed E-state index contributed by atoms with van der Waals surface area (Å²) in [5.74, 6) is -0.897. The first kappa shape index (κ1) is 20.9. The summed E-state index contributed by atoms with van der Waals surface area (Å²) in [5, 5.41) is 13.0. The first-order valence-corrected chi connectivity index (χ1v) is 12.0. The van der Waals surface area contributed by atoms with E-state index >= 15 is 0 Å². The van der Waals surface area contributed by atoms with Gasteiger partial charge in [-0.3, -0.25) is 14.5 Å². The first-order chi connectivity index (χ1) is 15.5. The van der Waals surface area contributed by atoms with Crippen LogP contribution in [-0.4, -0.2) is 28.9 Å². The number of Topliss-reactive ketones (excluding diaryl/α,β-unsaturated/α-hetero) is 1. The van der Waals surface area contributed by atoms with Crippen molar-refractivity contribution in [2.45, 2.75) is 6.04 Å². The predicted octanol–water partition coefficient (Wildman–Crippen LogP) is 5.91. The van der Waals surface area contributed by atoms with Crippen molar-refractivity contribution in [2.75, 3.05) is 12.0 Å². The molecule has 1 aliphatic heterocycles. The average molecular weight is 527 g/mol. The van der Waals surface area contributed by atoms with Gasteiger partial charge < -0.3 is 9.84 Å². The standard InChI is InChI=1S/C23H15BrN2O4S2/c1-30-14-7-8-15-17(11-14)32-23(25-15)26-19(12-4-2-5-13(24)10-12)18(21(28)22(26)29)20(27)16-6-3-9-31-16/h2-11,19,28H,1H3. The number of aliphatic hydroxyl groups excluding tert-OH is 1. The number of aromatic nitrogens is 1. The highest BCUT2D eigenvalue weighted by molar-refractivity contribution is 9.10. The topological polar surface area (TPSA) is 79.7 Å². The Kier molecular flexibility index (Phi) is 5.32. The summed E-state index contributed by atoms with van der Waals surface area (Å²) in [4.78, 5) is 33.1. The highest BCUT2D eigenvalue weighted by atomic mass is 79.9. The molecule has 9 heteroatoms. The van der Waals surface area contributed by atoms with Crippen molar-refractivity contribution in [3.05, 3.63) is 86.2 Å². The lowest BCUT2D eigenvalue weighted by molar-refractivity contribution is -0.117. The minimum atomic E-state index is -0.808. The van der Waals surface area contributed by atoms with Crippen LogP contribution in [0, 0.1) is 0 Å². The van der Waals surface area contributed by atoms with E-state index in [0.29, 0.717) is 26.8 Å². The summed E-state index contributed by atoms with van der Waals surface area (Å²) in [6.45, 7) is 0. The van der Waals surface area contributed by atoms with E-state index in [4.69, 9.17) is 4.74 Å². The van der Waals surface area contributed by atoms with Crippen molar-refractivity contribution >= 4 is 65.6 Å². The summed E-state index contributed by atoms with van der Waals surface area (Å²) in [6.07, 6.45) is 0. The van der Waals surface area contributed by atoms with Gasteiger partial charge in [-0.05, 0) is 47.3 Å². The quantitative estimate of drug-likeness (QED) is 0.327. The van der Waals surface area contributed by atoms with Crippen LogP contribution in [0.4, 0.5) is 5.13 Å². The molecule has 1 N–H and O–H groups in total. The number of nitrogens with zero attached hydrogens (tertiary/aromatic N) is 2. The van der Waals surface area contributed by atoms with Gasteiger partial charge in [-0.1, -0.05) is 45.5 Å². The summed E-state index contributed by atoms with van der Waals surface area (Å²) in [6, 6.07) is 15.4. The molecule has 0 radical (unpaired) electrons. The number of halogens is 1. The number of methoxy groups -OCH3 is 1. The summed E-state index contributed by atoms with van der Waals surface area (Å²) in [5.41, 5.74) is 1.44. The number of carbonyl (C=O) groups excluding carboxylic acids is 2. The number of amides is 1. The Morgan fingerprint density at radius 2 is 2.03 bits per heavy atom. The van der Waals surface area contributed by atoms with E-state index in [2.05, 4.69) is 20.9 Å². The molecule has 3 heterocycles. The van der Waals surface area contributed by atoms with Crippen LogP contribution in [-0.2, 0) is 4.79 Å². The fourth-order valence-electron chi connectivity index (χ4n) is 3.69. The number of thiophene rings is 1. The van der Waals surface area contributed by atoms with E-state index in [1.807, 2.05) is 36.4 Å². The lowest BCUT2D eigenvalue weighted by Gasteiger charge is -2.24. The molecule has 2 aromatic carbocycles. The number of hydrogen-bond acceptors (Lipinski definition) is 7. The highest BCUT2D eigenvalue weighted by Crippen LogP contribution is 2.45. The number of rotatable bonds is 5. The third-order valence-corrected chi connectivity index (χ3v) is 7.53. The zero-order chi connectivity index (χ0) is 22.4. The van der Waals surface area contributed by atoms with E-state index in [-0.39, 0.29) is 11.4 Å². The van der Waals surface area contributed by atoms with Gasteiger partial charge in [0.05, 0.1) is 33.8 Å². The lowest BCUT2D eigenvalue weighted by atomic mass is 9.96. The number of anilines is 1. The van der Waals surface area contributed by atoms with Gasteiger partial charge in [-0.2, -0.15) is 0 Å². The van der Waals surface area contributed by atoms with Crippen molar-refractivity contribution in [1.82, 2.24) is 4.98 Å². The number of aliphatic hydroxyl groups is 1. The molecule has 0 saturated heterocycles. The zero-order valence-electron chi connectivity index (χ0n) is 16.6. The molecule has 160 valence electrons. The average Bonchev–Trinajstić information content (AvgIpc) is 3.51. The number of ether oxygens (including phenoxy) is 1. The molecular weight excluding hydrogens is 512 g/mol. The molecule has 0 bridgehead atoms. The Balaban J connectivity index is 1.68. The highest BCUT2D eigenvalue weighted by Gasteiger charge is 2.46. The Morgan fingerprint density at radius 3 is 2.75 bits per heavy atom. The molecule has 1 aliphatic rings. The second kappa shape index (κ2) is 8.16. The van der Waals surface area contributed by atoms with Crippen LogP contribution in [0.2, 0.25) is 0 Å². The third kappa shape index (κ3) is 3.42. The van der Waals surface area contributed by atoms with Crippen LogP contribution in [0.3, 0.4) is 0 Å². The van der Waals surface area contributed by atoms with Crippen LogP contribution in [0.25, 0.3) is 10.2 Å². The van der Waals surface area contributed by atoms with Gasteiger partial charge in [-0.15, -0.1) is 11.3 Å². The molecule has 1 atom stereocenters. The van der Waals surface area contributed by atoms with Gasteiger partial charge in [0.2, 0.25) is 5.78 Å². The molecule has 4 aromatic rings. The molecular formula is C23H15BrN2O4S2. The monoisotopic (exact) mass is 526 g/mol. The normalized spacial score (nSPS) is 16.2. The molecule has 0 fully saturated rings. The van der Waals surface area contributed by atoms with Crippen LogP contribution < -0.4 is 9.64 Å². The summed E-state index contributed by atoms with van der Waals surface area (Å²) >= 11 is 6.03. The van der Waals surface area contributed by atoms with E-state index in [1.54, 1.807) is 30.7 Å². The molecule has 0 aliphatic carbocycles. The number of ketones is 1. The van der Waals surface area contributed by atoms with Crippen molar-refractivity contribution in [3.63, 3.8) is 0 Å². The maximum absolute atomic E-state index is 13.3. The van der Waals surface area contributed by atoms with Crippen molar-refractivity contribution < 1.29 is 19.4 Å².